The van der Waals surface area contributed by atoms with Gasteiger partial charge in [0.15, 0.2) is 0 Å². The summed E-state index contributed by atoms with van der Waals surface area (Å²) in [7, 11) is 1.34. The van der Waals surface area contributed by atoms with Gasteiger partial charge in [-0.2, -0.15) is 0 Å². The molecule has 1 aromatic heterocycles. The zero-order valence-corrected chi connectivity index (χ0v) is 9.58. The third-order valence-corrected chi connectivity index (χ3v) is 3.18. The fraction of sp³-hybridized carbons (Fsp3) is 0.0833. The van der Waals surface area contributed by atoms with Crippen molar-refractivity contribution in [3.05, 3.63) is 41.3 Å². The molecule has 1 aromatic carbocycles. The smallest absolute Gasteiger partial charge is 0.339 e. The van der Waals surface area contributed by atoms with E-state index in [1.165, 1.54) is 7.11 Å². The number of methoxy groups -OCH3 is 1. The Balaban J connectivity index is 2.41. The van der Waals surface area contributed by atoms with Gasteiger partial charge >= 0.3 is 5.97 Å². The van der Waals surface area contributed by atoms with E-state index in [1.807, 2.05) is 23.6 Å². The summed E-state index contributed by atoms with van der Waals surface area (Å²) in [4.78, 5) is 12.5. The minimum Gasteiger partial charge on any atom is -0.465 e. The number of nitrogen functional groups attached to an aromatic ring is 1. The van der Waals surface area contributed by atoms with Gasteiger partial charge in [0.05, 0.1) is 12.7 Å². The zero-order chi connectivity index (χ0) is 11.5. The first kappa shape index (κ1) is 10.7. The fourth-order valence-corrected chi connectivity index (χ4v) is 2.18. The summed E-state index contributed by atoms with van der Waals surface area (Å²) in [5, 5.41) is 2.00. The molecule has 0 radical (unpaired) electrons. The highest BCUT2D eigenvalue weighted by Gasteiger charge is 2.10. The van der Waals surface area contributed by atoms with Crippen LogP contribution in [0.2, 0.25) is 0 Å². The average molecular weight is 233 g/mol. The van der Waals surface area contributed by atoms with Gasteiger partial charge in [-0.25, -0.2) is 4.79 Å². The summed E-state index contributed by atoms with van der Waals surface area (Å²) in [6.07, 6.45) is 0. The van der Waals surface area contributed by atoms with E-state index in [-0.39, 0.29) is 0 Å². The van der Waals surface area contributed by atoms with Crippen molar-refractivity contribution < 1.29 is 9.53 Å². The number of carbonyl (C=O) groups is 1. The molecule has 0 amide bonds. The van der Waals surface area contributed by atoms with Crippen LogP contribution in [0.1, 0.15) is 10.4 Å². The van der Waals surface area contributed by atoms with Crippen LogP contribution in [0.5, 0.6) is 0 Å². The maximum Gasteiger partial charge on any atom is 0.339 e. The summed E-state index contributed by atoms with van der Waals surface area (Å²) >= 11 is 1.63. The lowest BCUT2D eigenvalue weighted by Crippen LogP contribution is -2.05. The third-order valence-electron chi connectivity index (χ3n) is 2.26. The van der Waals surface area contributed by atoms with Crippen LogP contribution in [-0.4, -0.2) is 13.1 Å². The van der Waals surface area contributed by atoms with Crippen LogP contribution in [0.3, 0.4) is 0 Å². The van der Waals surface area contributed by atoms with Crippen molar-refractivity contribution in [2.75, 3.05) is 12.8 Å². The molecule has 82 valence electrons. The molecule has 1 heterocycles. The van der Waals surface area contributed by atoms with Gasteiger partial charge in [0.1, 0.15) is 0 Å². The van der Waals surface area contributed by atoms with E-state index in [4.69, 9.17) is 5.73 Å². The molecule has 3 nitrogen and oxygen atoms in total. The molecule has 2 aromatic rings. The lowest BCUT2D eigenvalue weighted by atomic mass is 10.1. The molecule has 16 heavy (non-hydrogen) atoms. The van der Waals surface area contributed by atoms with Crippen molar-refractivity contribution in [3.8, 4) is 10.4 Å². The van der Waals surface area contributed by atoms with E-state index in [0.29, 0.717) is 11.3 Å². The molecule has 4 heteroatoms. The van der Waals surface area contributed by atoms with Crippen LogP contribution in [0.15, 0.2) is 35.7 Å². The molecule has 0 aliphatic carbocycles. The minimum atomic E-state index is -0.407. The molecular weight excluding hydrogens is 222 g/mol. The molecule has 0 aliphatic heterocycles. The van der Waals surface area contributed by atoms with Gasteiger partial charge in [-0.1, -0.05) is 12.1 Å². The number of ether oxygens (including phenoxy) is 1. The summed E-state index contributed by atoms with van der Waals surface area (Å²) in [5.41, 5.74) is 7.67. The third kappa shape index (κ3) is 1.92. The van der Waals surface area contributed by atoms with Crippen LogP contribution >= 0.6 is 11.3 Å². The summed E-state index contributed by atoms with van der Waals surface area (Å²) in [6, 6.07) is 9.34. The standard InChI is InChI=1S/C12H11NO2S/c1-15-12(14)9-5-4-8(7-10(9)13)11-3-2-6-16-11/h2-7H,13H2,1H3. The monoisotopic (exact) mass is 233 g/mol. The Kier molecular flexibility index (Phi) is 2.92. The predicted molar refractivity (Wildman–Crippen MR) is 65.5 cm³/mol. The molecule has 0 spiro atoms. The summed E-state index contributed by atoms with van der Waals surface area (Å²) in [5.74, 6) is -0.407. The van der Waals surface area contributed by atoms with Crippen LogP contribution in [0.4, 0.5) is 5.69 Å². The lowest BCUT2D eigenvalue weighted by Gasteiger charge is -2.05. The molecule has 0 saturated heterocycles. The van der Waals surface area contributed by atoms with Crippen LogP contribution < -0.4 is 5.73 Å². The Morgan fingerprint density at radius 1 is 1.38 bits per heavy atom. The minimum absolute atomic E-state index is 0.405. The van der Waals surface area contributed by atoms with E-state index in [2.05, 4.69) is 4.74 Å². The number of esters is 1. The predicted octanol–water partition coefficient (Wildman–Crippen LogP) is 2.78. The number of nitrogens with two attached hydrogens (primary N) is 1. The van der Waals surface area contributed by atoms with E-state index in [1.54, 1.807) is 23.5 Å². The van der Waals surface area contributed by atoms with Gasteiger partial charge < -0.3 is 10.5 Å². The number of hydrogen-bond acceptors (Lipinski definition) is 4. The second kappa shape index (κ2) is 4.37. The van der Waals surface area contributed by atoms with Crippen molar-refractivity contribution in [1.29, 1.82) is 0 Å². The highest BCUT2D eigenvalue weighted by atomic mass is 32.1. The molecule has 0 atom stereocenters. The van der Waals surface area contributed by atoms with Crippen LogP contribution in [-0.2, 0) is 4.74 Å². The highest BCUT2D eigenvalue weighted by Crippen LogP contribution is 2.27. The van der Waals surface area contributed by atoms with Gasteiger partial charge in [0.25, 0.3) is 0 Å². The van der Waals surface area contributed by atoms with Gasteiger partial charge in [0.2, 0.25) is 0 Å². The van der Waals surface area contributed by atoms with Crippen LogP contribution in [0, 0.1) is 0 Å². The SMILES string of the molecule is COC(=O)c1ccc(-c2cccs2)cc1N. The first-order valence-electron chi connectivity index (χ1n) is 4.74. The first-order chi connectivity index (χ1) is 7.72. The van der Waals surface area contributed by atoms with Gasteiger partial charge in [-0.3, -0.25) is 0 Å². The number of carbonyl (C=O) groups excluding carboxylic acids is 1. The fourth-order valence-electron chi connectivity index (χ4n) is 1.45. The van der Waals surface area contributed by atoms with Crippen molar-refractivity contribution in [1.82, 2.24) is 0 Å². The number of rotatable bonds is 2. The highest BCUT2D eigenvalue weighted by molar-refractivity contribution is 7.13. The van der Waals surface area contributed by atoms with E-state index < -0.39 is 5.97 Å². The zero-order valence-electron chi connectivity index (χ0n) is 8.77. The molecule has 2 rings (SSSR count). The van der Waals surface area contributed by atoms with Crippen molar-refractivity contribution in [3.63, 3.8) is 0 Å². The molecule has 0 unspecified atom stereocenters. The topological polar surface area (TPSA) is 52.3 Å². The Hall–Kier alpha value is -1.81. The van der Waals surface area contributed by atoms with Crippen LogP contribution in [0.25, 0.3) is 10.4 Å². The molecule has 0 fully saturated rings. The van der Waals surface area contributed by atoms with E-state index in [9.17, 15) is 4.79 Å². The average Bonchev–Trinajstić information content (AvgIpc) is 2.81. The van der Waals surface area contributed by atoms with E-state index >= 15 is 0 Å². The summed E-state index contributed by atoms with van der Waals surface area (Å²) < 4.78 is 4.63. The summed E-state index contributed by atoms with van der Waals surface area (Å²) in [6.45, 7) is 0. The van der Waals surface area contributed by atoms with Crippen molar-refractivity contribution in [2.24, 2.45) is 0 Å². The van der Waals surface area contributed by atoms with E-state index in [0.717, 1.165) is 10.4 Å². The van der Waals surface area contributed by atoms with Gasteiger partial charge in [-0.05, 0) is 29.1 Å². The molecule has 0 aliphatic rings. The second-order valence-corrected chi connectivity index (χ2v) is 4.22. The maximum atomic E-state index is 11.3. The number of hydrogen-bond donors (Lipinski definition) is 1. The first-order valence-corrected chi connectivity index (χ1v) is 5.62. The molecule has 0 bridgehead atoms. The van der Waals surface area contributed by atoms with Crippen molar-refractivity contribution >= 4 is 23.0 Å². The Bertz CT molecular complexity index is 506. The normalized spacial score (nSPS) is 10.1. The Labute approximate surface area is 97.5 Å². The molecule has 0 saturated carbocycles. The number of thiophene rings is 1. The van der Waals surface area contributed by atoms with Gasteiger partial charge in [0, 0.05) is 10.6 Å². The maximum absolute atomic E-state index is 11.3. The Morgan fingerprint density at radius 2 is 2.19 bits per heavy atom. The molecular formula is C12H11NO2S. The largest absolute Gasteiger partial charge is 0.465 e. The quantitative estimate of drug-likeness (QED) is 0.641. The second-order valence-electron chi connectivity index (χ2n) is 3.27. The number of anilines is 1. The van der Waals surface area contributed by atoms with Crippen molar-refractivity contribution in [2.45, 2.75) is 0 Å². The lowest BCUT2D eigenvalue weighted by molar-refractivity contribution is 0.0602. The van der Waals surface area contributed by atoms with Gasteiger partial charge in [-0.15, -0.1) is 11.3 Å². The Morgan fingerprint density at radius 3 is 2.75 bits per heavy atom. The number of benzene rings is 1. The molecule has 2 N–H and O–H groups in total.